The van der Waals surface area contributed by atoms with E-state index in [4.69, 9.17) is 16.3 Å². The Kier molecular flexibility index (Phi) is 6.83. The summed E-state index contributed by atoms with van der Waals surface area (Å²) in [6.45, 7) is 12.7. The van der Waals surface area contributed by atoms with Gasteiger partial charge in [0.15, 0.2) is 0 Å². The molecule has 0 aliphatic rings. The molecule has 0 aliphatic carbocycles. The number of hydrogen-bond donors (Lipinski definition) is 1. The van der Waals surface area contributed by atoms with Gasteiger partial charge in [-0.2, -0.15) is 5.10 Å². The fourth-order valence-electron chi connectivity index (χ4n) is 2.32. The number of hydrogen-bond acceptors (Lipinski definition) is 3. The quantitative estimate of drug-likeness (QED) is 0.799. The lowest BCUT2D eigenvalue weighted by molar-refractivity contribution is 0.0475. The maximum absolute atomic E-state index is 6.37. The van der Waals surface area contributed by atoms with Gasteiger partial charge >= 0.3 is 0 Å². The van der Waals surface area contributed by atoms with Gasteiger partial charge in [0.05, 0.1) is 22.5 Å². The summed E-state index contributed by atoms with van der Waals surface area (Å²) in [4.78, 5) is 0. The first-order valence-corrected chi connectivity index (χ1v) is 7.49. The molecule has 0 aromatic carbocycles. The van der Waals surface area contributed by atoms with Crippen molar-refractivity contribution in [1.29, 1.82) is 0 Å². The van der Waals surface area contributed by atoms with Crippen molar-refractivity contribution in [1.82, 2.24) is 15.1 Å². The molecule has 1 heterocycles. The number of rotatable bonds is 8. The van der Waals surface area contributed by atoms with E-state index in [9.17, 15) is 0 Å². The Morgan fingerprint density at radius 1 is 1.37 bits per heavy atom. The first kappa shape index (κ1) is 16.5. The minimum atomic E-state index is 0.154. The average Bonchev–Trinajstić information content (AvgIpc) is 2.66. The minimum Gasteiger partial charge on any atom is -0.377 e. The third-order valence-corrected chi connectivity index (χ3v) is 3.82. The Morgan fingerprint density at radius 2 is 2.05 bits per heavy atom. The van der Waals surface area contributed by atoms with Crippen molar-refractivity contribution in [2.24, 2.45) is 0 Å². The SMILES string of the molecule is CCNC(Cc1c(Cl)c(C)nn1CC)C(C)OCC. The molecule has 2 unspecified atom stereocenters. The number of nitrogens with zero attached hydrogens (tertiary/aromatic N) is 2. The molecule has 1 aromatic rings. The van der Waals surface area contributed by atoms with Crippen LogP contribution in [0, 0.1) is 6.92 Å². The predicted octanol–water partition coefficient (Wildman–Crippen LogP) is 2.81. The number of nitrogens with one attached hydrogen (secondary N) is 1. The van der Waals surface area contributed by atoms with Crippen LogP contribution in [-0.2, 0) is 17.7 Å². The lowest BCUT2D eigenvalue weighted by atomic mass is 10.1. The number of aromatic nitrogens is 2. The molecule has 0 amide bonds. The van der Waals surface area contributed by atoms with E-state index >= 15 is 0 Å². The third kappa shape index (κ3) is 4.20. The van der Waals surface area contributed by atoms with Gasteiger partial charge in [-0.3, -0.25) is 4.68 Å². The van der Waals surface area contributed by atoms with Crippen molar-refractivity contribution < 1.29 is 4.74 Å². The van der Waals surface area contributed by atoms with Crippen molar-refractivity contribution in [2.45, 2.75) is 59.7 Å². The second kappa shape index (κ2) is 7.88. The molecule has 0 fully saturated rings. The molecule has 19 heavy (non-hydrogen) atoms. The fourth-order valence-corrected chi connectivity index (χ4v) is 2.53. The molecule has 0 saturated carbocycles. The number of aryl methyl sites for hydroxylation is 2. The van der Waals surface area contributed by atoms with E-state index in [0.29, 0.717) is 0 Å². The Bertz CT molecular complexity index is 392. The molecule has 0 radical (unpaired) electrons. The highest BCUT2D eigenvalue weighted by atomic mass is 35.5. The molecule has 1 N–H and O–H groups in total. The van der Waals surface area contributed by atoms with E-state index < -0.39 is 0 Å². The number of ether oxygens (including phenoxy) is 1. The van der Waals surface area contributed by atoms with Crippen LogP contribution in [0.5, 0.6) is 0 Å². The molecule has 1 aromatic heterocycles. The highest BCUT2D eigenvalue weighted by Gasteiger charge is 2.22. The Balaban J connectivity index is 2.89. The van der Waals surface area contributed by atoms with E-state index in [0.717, 1.165) is 42.5 Å². The van der Waals surface area contributed by atoms with Crippen LogP contribution in [0.4, 0.5) is 0 Å². The summed E-state index contributed by atoms with van der Waals surface area (Å²) in [5, 5.41) is 8.73. The third-order valence-electron chi connectivity index (χ3n) is 3.33. The fraction of sp³-hybridized carbons (Fsp3) is 0.786. The summed E-state index contributed by atoms with van der Waals surface area (Å²) >= 11 is 6.37. The average molecular weight is 288 g/mol. The van der Waals surface area contributed by atoms with E-state index in [2.05, 4.69) is 31.2 Å². The molecule has 5 heteroatoms. The molecule has 110 valence electrons. The highest BCUT2D eigenvalue weighted by Crippen LogP contribution is 2.22. The summed E-state index contributed by atoms with van der Waals surface area (Å²) in [5.74, 6) is 0. The van der Waals surface area contributed by atoms with Crippen LogP contribution in [0.1, 0.15) is 39.1 Å². The predicted molar refractivity (Wildman–Crippen MR) is 79.9 cm³/mol. The molecule has 0 spiro atoms. The largest absolute Gasteiger partial charge is 0.377 e. The van der Waals surface area contributed by atoms with Gasteiger partial charge in [0.2, 0.25) is 0 Å². The Labute approximate surface area is 121 Å². The van der Waals surface area contributed by atoms with Crippen molar-refractivity contribution >= 4 is 11.6 Å². The van der Waals surface area contributed by atoms with Crippen LogP contribution >= 0.6 is 11.6 Å². The van der Waals surface area contributed by atoms with Gasteiger partial charge in [-0.25, -0.2) is 0 Å². The molecule has 0 saturated heterocycles. The highest BCUT2D eigenvalue weighted by molar-refractivity contribution is 6.31. The maximum atomic E-state index is 6.37. The summed E-state index contributed by atoms with van der Waals surface area (Å²) < 4.78 is 7.70. The Hall–Kier alpha value is -0.580. The molecule has 0 aliphatic heterocycles. The standard InChI is InChI=1S/C14H26ClN3O/c1-6-16-12(11(5)19-8-3)9-13-14(15)10(4)17-18(13)7-2/h11-12,16H,6-9H2,1-5H3. The number of halogens is 1. The van der Waals surface area contributed by atoms with Gasteiger partial charge in [0.25, 0.3) is 0 Å². The zero-order valence-corrected chi connectivity index (χ0v) is 13.4. The first-order chi connectivity index (χ1) is 9.04. The molecule has 0 bridgehead atoms. The van der Waals surface area contributed by atoms with E-state index in [1.165, 1.54) is 0 Å². The summed E-state index contributed by atoms with van der Waals surface area (Å²) in [5.41, 5.74) is 2.00. The van der Waals surface area contributed by atoms with Crippen molar-refractivity contribution in [3.8, 4) is 0 Å². The van der Waals surface area contributed by atoms with E-state index in [1.807, 2.05) is 18.5 Å². The normalized spacial score (nSPS) is 14.6. The zero-order valence-electron chi connectivity index (χ0n) is 12.7. The summed E-state index contributed by atoms with van der Waals surface area (Å²) in [6, 6.07) is 0.254. The van der Waals surface area contributed by atoms with Crippen molar-refractivity contribution in [3.63, 3.8) is 0 Å². The van der Waals surface area contributed by atoms with E-state index in [1.54, 1.807) is 0 Å². The van der Waals surface area contributed by atoms with Gasteiger partial charge in [-0.15, -0.1) is 0 Å². The van der Waals surface area contributed by atoms with Crippen LogP contribution in [0.2, 0.25) is 5.02 Å². The maximum Gasteiger partial charge on any atom is 0.0847 e. The van der Waals surface area contributed by atoms with Crippen molar-refractivity contribution in [3.05, 3.63) is 16.4 Å². The van der Waals surface area contributed by atoms with Crippen LogP contribution in [0.3, 0.4) is 0 Å². The minimum absolute atomic E-state index is 0.154. The second-order valence-corrected chi connectivity index (χ2v) is 5.07. The van der Waals surface area contributed by atoms with Crippen LogP contribution in [0.15, 0.2) is 0 Å². The van der Waals surface area contributed by atoms with Crippen LogP contribution in [-0.4, -0.2) is 35.1 Å². The lowest BCUT2D eigenvalue weighted by Gasteiger charge is -2.25. The molecular weight excluding hydrogens is 262 g/mol. The second-order valence-electron chi connectivity index (χ2n) is 4.69. The summed E-state index contributed by atoms with van der Waals surface area (Å²) in [6.07, 6.45) is 0.990. The van der Waals surface area contributed by atoms with Gasteiger partial charge in [-0.1, -0.05) is 18.5 Å². The number of likely N-dealkylation sites (N-methyl/N-ethyl adjacent to an activating group) is 1. The lowest BCUT2D eigenvalue weighted by Crippen LogP contribution is -2.42. The Morgan fingerprint density at radius 3 is 2.58 bits per heavy atom. The smallest absolute Gasteiger partial charge is 0.0847 e. The monoisotopic (exact) mass is 287 g/mol. The van der Waals surface area contributed by atoms with Gasteiger partial charge in [0.1, 0.15) is 0 Å². The zero-order chi connectivity index (χ0) is 14.4. The van der Waals surface area contributed by atoms with Gasteiger partial charge in [-0.05, 0) is 34.2 Å². The summed E-state index contributed by atoms with van der Waals surface area (Å²) in [7, 11) is 0. The molecule has 4 nitrogen and oxygen atoms in total. The van der Waals surface area contributed by atoms with Gasteiger partial charge in [0, 0.05) is 25.6 Å². The molecule has 2 atom stereocenters. The van der Waals surface area contributed by atoms with E-state index in [-0.39, 0.29) is 12.1 Å². The van der Waals surface area contributed by atoms with Gasteiger partial charge < -0.3 is 10.1 Å². The van der Waals surface area contributed by atoms with Crippen LogP contribution < -0.4 is 5.32 Å². The van der Waals surface area contributed by atoms with Crippen LogP contribution in [0.25, 0.3) is 0 Å². The first-order valence-electron chi connectivity index (χ1n) is 7.11. The topological polar surface area (TPSA) is 39.1 Å². The molecular formula is C14H26ClN3O. The van der Waals surface area contributed by atoms with Crippen molar-refractivity contribution in [2.75, 3.05) is 13.2 Å². The molecule has 1 rings (SSSR count).